The maximum absolute atomic E-state index is 10.7. The number of carboxylic acids is 1. The lowest BCUT2D eigenvalue weighted by Crippen LogP contribution is -2.11. The van der Waals surface area contributed by atoms with Crippen molar-refractivity contribution >= 4 is 5.97 Å². The van der Waals surface area contributed by atoms with Crippen LogP contribution in [0.2, 0.25) is 0 Å². The molecule has 0 radical (unpaired) electrons. The van der Waals surface area contributed by atoms with Crippen molar-refractivity contribution in [1.82, 2.24) is 19.7 Å². The maximum atomic E-state index is 10.7. The second-order valence-electron chi connectivity index (χ2n) is 3.29. The molecule has 0 spiro atoms. The lowest BCUT2D eigenvalue weighted by Gasteiger charge is -2.04. The van der Waals surface area contributed by atoms with Gasteiger partial charge in [0.15, 0.2) is 5.82 Å². The predicted molar refractivity (Wildman–Crippen MR) is 55.6 cm³/mol. The first-order valence-electron chi connectivity index (χ1n) is 4.70. The molecule has 0 saturated heterocycles. The van der Waals surface area contributed by atoms with E-state index in [0.717, 1.165) is 5.56 Å². The zero-order chi connectivity index (χ0) is 11.5. The van der Waals surface area contributed by atoms with E-state index in [2.05, 4.69) is 15.2 Å². The number of nitrogens with zero attached hydrogens (tertiary/aromatic N) is 4. The summed E-state index contributed by atoms with van der Waals surface area (Å²) in [4.78, 5) is 14.6. The van der Waals surface area contributed by atoms with Crippen molar-refractivity contribution in [3.63, 3.8) is 0 Å². The van der Waals surface area contributed by atoms with Gasteiger partial charge >= 0.3 is 5.97 Å². The Morgan fingerprint density at radius 2 is 2.06 bits per heavy atom. The van der Waals surface area contributed by atoms with Gasteiger partial charge in [0, 0.05) is 18.0 Å². The van der Waals surface area contributed by atoms with Gasteiger partial charge in [-0.1, -0.05) is 0 Å². The van der Waals surface area contributed by atoms with Crippen molar-refractivity contribution in [3.8, 4) is 11.4 Å². The van der Waals surface area contributed by atoms with Crippen molar-refractivity contribution in [2.75, 3.05) is 0 Å². The minimum atomic E-state index is -0.918. The highest BCUT2D eigenvalue weighted by molar-refractivity contribution is 5.68. The molecule has 6 nitrogen and oxygen atoms in total. The highest BCUT2D eigenvalue weighted by Crippen LogP contribution is 2.16. The average molecular weight is 218 g/mol. The van der Waals surface area contributed by atoms with Crippen molar-refractivity contribution in [1.29, 1.82) is 0 Å². The van der Waals surface area contributed by atoms with Crippen molar-refractivity contribution in [2.45, 2.75) is 13.5 Å². The van der Waals surface area contributed by atoms with Gasteiger partial charge in [-0.3, -0.25) is 14.3 Å². The third kappa shape index (κ3) is 1.90. The van der Waals surface area contributed by atoms with Crippen LogP contribution in [0.4, 0.5) is 0 Å². The van der Waals surface area contributed by atoms with Crippen molar-refractivity contribution in [3.05, 3.63) is 30.4 Å². The van der Waals surface area contributed by atoms with Crippen LogP contribution in [0.5, 0.6) is 0 Å². The fraction of sp³-hybridized carbons (Fsp3) is 0.200. The predicted octanol–water partition coefficient (Wildman–Crippen LogP) is 0.733. The van der Waals surface area contributed by atoms with Crippen LogP contribution in [0.3, 0.4) is 0 Å². The number of hydrogen-bond donors (Lipinski definition) is 1. The molecule has 2 aromatic heterocycles. The fourth-order valence-corrected chi connectivity index (χ4v) is 1.42. The van der Waals surface area contributed by atoms with Crippen LogP contribution in [0, 0.1) is 6.92 Å². The Balaban J connectivity index is 2.46. The summed E-state index contributed by atoms with van der Waals surface area (Å²) in [5.74, 6) is 0.203. The van der Waals surface area contributed by atoms with Crippen LogP contribution >= 0.6 is 0 Å². The molecule has 2 heterocycles. The molecule has 0 unspecified atom stereocenters. The average Bonchev–Trinajstić information content (AvgIpc) is 2.61. The Labute approximate surface area is 91.6 Å². The Morgan fingerprint density at radius 3 is 2.69 bits per heavy atom. The summed E-state index contributed by atoms with van der Waals surface area (Å²) >= 11 is 0. The van der Waals surface area contributed by atoms with E-state index < -0.39 is 5.97 Å². The zero-order valence-corrected chi connectivity index (χ0v) is 8.66. The van der Waals surface area contributed by atoms with E-state index in [1.165, 1.54) is 0 Å². The van der Waals surface area contributed by atoms with E-state index in [9.17, 15) is 4.79 Å². The van der Waals surface area contributed by atoms with Crippen LogP contribution < -0.4 is 0 Å². The number of carbonyl (C=O) groups is 1. The molecule has 0 amide bonds. The molecule has 2 rings (SSSR count). The topological polar surface area (TPSA) is 80.9 Å². The van der Waals surface area contributed by atoms with Gasteiger partial charge in [-0.05, 0) is 19.1 Å². The van der Waals surface area contributed by atoms with Crippen LogP contribution in [0.25, 0.3) is 11.4 Å². The van der Waals surface area contributed by atoms with Gasteiger partial charge in [-0.25, -0.2) is 0 Å². The molecule has 0 aromatic carbocycles. The van der Waals surface area contributed by atoms with Gasteiger partial charge in [-0.2, -0.15) is 0 Å². The Bertz CT molecular complexity index is 507. The van der Waals surface area contributed by atoms with E-state index in [1.807, 2.05) is 0 Å². The molecule has 0 fully saturated rings. The summed E-state index contributed by atoms with van der Waals surface area (Å²) < 4.78 is 1.55. The SMILES string of the molecule is Cc1nnc(-c2ccncc2)n1CC(=O)O. The van der Waals surface area contributed by atoms with Crippen LogP contribution in [-0.4, -0.2) is 30.8 Å². The molecule has 0 aliphatic heterocycles. The van der Waals surface area contributed by atoms with Gasteiger partial charge in [0.05, 0.1) is 0 Å². The molecular weight excluding hydrogens is 208 g/mol. The quantitative estimate of drug-likeness (QED) is 0.821. The van der Waals surface area contributed by atoms with E-state index in [4.69, 9.17) is 5.11 Å². The van der Waals surface area contributed by atoms with Gasteiger partial charge in [0.2, 0.25) is 0 Å². The molecule has 0 aliphatic carbocycles. The van der Waals surface area contributed by atoms with Crippen molar-refractivity contribution in [2.24, 2.45) is 0 Å². The molecule has 0 saturated carbocycles. The van der Waals surface area contributed by atoms with Gasteiger partial charge < -0.3 is 5.11 Å². The Morgan fingerprint density at radius 1 is 1.38 bits per heavy atom. The number of aromatic nitrogens is 4. The van der Waals surface area contributed by atoms with Crippen LogP contribution in [0.15, 0.2) is 24.5 Å². The third-order valence-corrected chi connectivity index (χ3v) is 2.17. The molecule has 16 heavy (non-hydrogen) atoms. The van der Waals surface area contributed by atoms with Crippen LogP contribution in [-0.2, 0) is 11.3 Å². The molecule has 82 valence electrons. The molecule has 0 aliphatic rings. The van der Waals surface area contributed by atoms with Crippen LogP contribution in [0.1, 0.15) is 5.82 Å². The molecule has 0 atom stereocenters. The summed E-state index contributed by atoms with van der Waals surface area (Å²) in [6, 6.07) is 3.53. The first-order valence-corrected chi connectivity index (χ1v) is 4.70. The summed E-state index contributed by atoms with van der Waals surface area (Å²) in [7, 11) is 0. The highest BCUT2D eigenvalue weighted by Gasteiger charge is 2.12. The first-order chi connectivity index (χ1) is 7.68. The minimum absolute atomic E-state index is 0.142. The molecule has 1 N–H and O–H groups in total. The maximum Gasteiger partial charge on any atom is 0.323 e. The number of aliphatic carboxylic acids is 1. The molecular formula is C10H10N4O2. The van der Waals surface area contributed by atoms with E-state index in [-0.39, 0.29) is 6.54 Å². The lowest BCUT2D eigenvalue weighted by atomic mass is 10.2. The summed E-state index contributed by atoms with van der Waals surface area (Å²) in [5, 5.41) is 16.6. The van der Waals surface area contributed by atoms with Crippen molar-refractivity contribution < 1.29 is 9.90 Å². The third-order valence-electron chi connectivity index (χ3n) is 2.17. The minimum Gasteiger partial charge on any atom is -0.480 e. The number of aryl methyl sites for hydroxylation is 1. The number of hydrogen-bond acceptors (Lipinski definition) is 4. The summed E-state index contributed by atoms with van der Waals surface area (Å²) in [6.45, 7) is 1.58. The normalized spacial score (nSPS) is 10.3. The number of carboxylic acid groups (broad SMARTS) is 1. The highest BCUT2D eigenvalue weighted by atomic mass is 16.4. The first kappa shape index (κ1) is 10.3. The molecule has 0 bridgehead atoms. The standard InChI is InChI=1S/C10H10N4O2/c1-7-12-13-10(14(7)6-9(15)16)8-2-4-11-5-3-8/h2-5H,6H2,1H3,(H,15,16). The fourth-order valence-electron chi connectivity index (χ4n) is 1.42. The number of rotatable bonds is 3. The lowest BCUT2D eigenvalue weighted by molar-refractivity contribution is -0.137. The smallest absolute Gasteiger partial charge is 0.323 e. The molecule has 2 aromatic rings. The largest absolute Gasteiger partial charge is 0.480 e. The second kappa shape index (κ2) is 4.09. The zero-order valence-electron chi connectivity index (χ0n) is 8.66. The van der Waals surface area contributed by atoms with E-state index in [0.29, 0.717) is 11.6 Å². The van der Waals surface area contributed by atoms with Gasteiger partial charge in [0.25, 0.3) is 0 Å². The summed E-state index contributed by atoms with van der Waals surface area (Å²) in [6.07, 6.45) is 3.26. The van der Waals surface area contributed by atoms with E-state index >= 15 is 0 Å². The summed E-state index contributed by atoms with van der Waals surface area (Å²) in [5.41, 5.74) is 0.803. The van der Waals surface area contributed by atoms with Gasteiger partial charge in [-0.15, -0.1) is 10.2 Å². The number of pyridine rings is 1. The molecule has 6 heteroatoms. The van der Waals surface area contributed by atoms with Gasteiger partial charge in [0.1, 0.15) is 12.4 Å². The monoisotopic (exact) mass is 218 g/mol. The Kier molecular flexibility index (Phi) is 2.63. The Hall–Kier alpha value is -2.24. The van der Waals surface area contributed by atoms with E-state index in [1.54, 1.807) is 36.0 Å². The second-order valence-corrected chi connectivity index (χ2v) is 3.29.